The van der Waals surface area contributed by atoms with Crippen molar-refractivity contribution >= 4 is 17.9 Å². The summed E-state index contributed by atoms with van der Waals surface area (Å²) in [6, 6.07) is 0. The lowest BCUT2D eigenvalue weighted by atomic mass is 10.0. The molecule has 0 aromatic rings. The van der Waals surface area contributed by atoms with E-state index in [0.717, 1.165) is 89.9 Å². The maximum atomic E-state index is 12.8. The zero-order valence-electron chi connectivity index (χ0n) is 43.7. The molecule has 0 saturated carbocycles. The van der Waals surface area contributed by atoms with Crippen LogP contribution in [-0.4, -0.2) is 37.2 Å². The van der Waals surface area contributed by atoms with Crippen molar-refractivity contribution in [3.05, 3.63) is 60.8 Å². The lowest BCUT2D eigenvalue weighted by molar-refractivity contribution is -0.167. The minimum atomic E-state index is -0.780. The molecule has 6 nitrogen and oxygen atoms in total. The lowest BCUT2D eigenvalue weighted by Gasteiger charge is -2.18. The number of hydrogen-bond donors (Lipinski definition) is 0. The topological polar surface area (TPSA) is 78.9 Å². The zero-order chi connectivity index (χ0) is 47.9. The zero-order valence-corrected chi connectivity index (χ0v) is 43.7. The van der Waals surface area contributed by atoms with E-state index in [9.17, 15) is 14.4 Å². The summed E-state index contributed by atoms with van der Waals surface area (Å²) in [5.41, 5.74) is 0. The van der Waals surface area contributed by atoms with E-state index in [2.05, 4.69) is 81.5 Å². The van der Waals surface area contributed by atoms with E-state index in [1.165, 1.54) is 154 Å². The molecule has 0 saturated heterocycles. The maximum Gasteiger partial charge on any atom is 0.306 e. The normalized spacial score (nSPS) is 12.5. The van der Waals surface area contributed by atoms with E-state index >= 15 is 0 Å². The second kappa shape index (κ2) is 54.7. The van der Waals surface area contributed by atoms with Crippen LogP contribution < -0.4 is 0 Å². The van der Waals surface area contributed by atoms with Gasteiger partial charge in [0.15, 0.2) is 6.10 Å². The summed E-state index contributed by atoms with van der Waals surface area (Å²) in [7, 11) is 0. The SMILES string of the molecule is CC/C=C\C/C=C\C/C=C\C/C=C\CCCCCCCCC(=O)OCC(COC(=O)CCCCCCCCCCCCCC)OC(=O)CCCCCCCCC/C=C\CCCCCCCC. The number of carbonyl (C=O) groups is 3. The highest BCUT2D eigenvalue weighted by Gasteiger charge is 2.19. The van der Waals surface area contributed by atoms with Crippen LogP contribution >= 0.6 is 0 Å². The van der Waals surface area contributed by atoms with Crippen LogP contribution in [0, 0.1) is 0 Å². The van der Waals surface area contributed by atoms with Crippen molar-refractivity contribution in [3.8, 4) is 0 Å². The number of allylic oxidation sites excluding steroid dienone is 10. The van der Waals surface area contributed by atoms with Crippen LogP contribution in [0.25, 0.3) is 0 Å². The molecule has 0 rings (SSSR count). The quantitative estimate of drug-likeness (QED) is 0.0262. The van der Waals surface area contributed by atoms with Gasteiger partial charge in [-0.25, -0.2) is 0 Å². The molecule has 382 valence electrons. The van der Waals surface area contributed by atoms with Crippen LogP contribution in [0.5, 0.6) is 0 Å². The van der Waals surface area contributed by atoms with E-state index in [1.54, 1.807) is 0 Å². The van der Waals surface area contributed by atoms with Crippen molar-refractivity contribution in [2.45, 2.75) is 290 Å². The Morgan fingerprint density at radius 2 is 0.591 bits per heavy atom. The Labute approximate surface area is 409 Å². The van der Waals surface area contributed by atoms with Crippen molar-refractivity contribution < 1.29 is 28.6 Å². The molecule has 0 aliphatic heterocycles. The number of unbranched alkanes of at least 4 members (excludes halogenated alkanes) is 30. The molecule has 0 aromatic heterocycles. The summed E-state index contributed by atoms with van der Waals surface area (Å²) in [5.74, 6) is -0.887. The third-order valence-electron chi connectivity index (χ3n) is 12.3. The highest BCUT2D eigenvalue weighted by Crippen LogP contribution is 2.15. The molecular formula is C60H106O6. The molecule has 66 heavy (non-hydrogen) atoms. The fourth-order valence-electron chi connectivity index (χ4n) is 8.02. The number of ether oxygens (including phenoxy) is 3. The first-order chi connectivity index (χ1) is 32.5. The summed E-state index contributed by atoms with van der Waals surface area (Å²) >= 11 is 0. The molecule has 0 spiro atoms. The highest BCUT2D eigenvalue weighted by atomic mass is 16.6. The van der Waals surface area contributed by atoms with E-state index in [1.807, 2.05) is 0 Å². The van der Waals surface area contributed by atoms with E-state index in [4.69, 9.17) is 14.2 Å². The first-order valence-corrected chi connectivity index (χ1v) is 28.3. The fraction of sp³-hybridized carbons (Fsp3) is 0.783. The minimum absolute atomic E-state index is 0.0781. The van der Waals surface area contributed by atoms with Gasteiger partial charge in [0, 0.05) is 19.3 Å². The van der Waals surface area contributed by atoms with E-state index in [0.29, 0.717) is 19.3 Å². The van der Waals surface area contributed by atoms with Gasteiger partial charge in [-0.2, -0.15) is 0 Å². The van der Waals surface area contributed by atoms with Crippen LogP contribution in [0.1, 0.15) is 284 Å². The average Bonchev–Trinajstić information content (AvgIpc) is 3.31. The third kappa shape index (κ3) is 52.1. The van der Waals surface area contributed by atoms with E-state index in [-0.39, 0.29) is 31.1 Å². The van der Waals surface area contributed by atoms with Crippen LogP contribution in [-0.2, 0) is 28.6 Å². The average molecular weight is 924 g/mol. The Morgan fingerprint density at radius 3 is 0.939 bits per heavy atom. The molecule has 0 N–H and O–H groups in total. The first-order valence-electron chi connectivity index (χ1n) is 28.3. The van der Waals surface area contributed by atoms with Gasteiger partial charge in [-0.3, -0.25) is 14.4 Å². The molecule has 1 atom stereocenters. The molecule has 0 fully saturated rings. The van der Waals surface area contributed by atoms with Crippen molar-refractivity contribution in [2.75, 3.05) is 13.2 Å². The van der Waals surface area contributed by atoms with Crippen LogP contribution in [0.3, 0.4) is 0 Å². The van der Waals surface area contributed by atoms with Gasteiger partial charge in [-0.15, -0.1) is 0 Å². The Hall–Kier alpha value is -2.89. The van der Waals surface area contributed by atoms with Crippen molar-refractivity contribution in [2.24, 2.45) is 0 Å². The highest BCUT2D eigenvalue weighted by molar-refractivity contribution is 5.71. The van der Waals surface area contributed by atoms with Gasteiger partial charge in [-0.1, -0.05) is 242 Å². The second-order valence-corrected chi connectivity index (χ2v) is 18.8. The van der Waals surface area contributed by atoms with Gasteiger partial charge in [0.2, 0.25) is 0 Å². The largest absolute Gasteiger partial charge is 0.462 e. The lowest BCUT2D eigenvalue weighted by Crippen LogP contribution is -2.30. The predicted molar refractivity (Wildman–Crippen MR) is 284 cm³/mol. The molecule has 0 aliphatic carbocycles. The summed E-state index contributed by atoms with van der Waals surface area (Å²) in [5, 5.41) is 0. The number of esters is 3. The van der Waals surface area contributed by atoms with Gasteiger partial charge in [-0.05, 0) is 83.5 Å². The van der Waals surface area contributed by atoms with Gasteiger partial charge in [0.25, 0.3) is 0 Å². The molecule has 1 unspecified atom stereocenters. The maximum absolute atomic E-state index is 12.8. The molecule has 0 bridgehead atoms. The molecule has 6 heteroatoms. The summed E-state index contributed by atoms with van der Waals surface area (Å²) in [6.07, 6.45) is 67.7. The van der Waals surface area contributed by atoms with Crippen LogP contribution in [0.2, 0.25) is 0 Å². The standard InChI is InChI=1S/C60H106O6/c1-4-7-10-13-16-19-22-25-27-29-30-32-33-35-38-41-44-47-50-53-59(62)65-56-57(55-64-58(61)52-49-46-43-40-37-24-21-18-15-12-9-6-3)66-60(63)54-51-48-45-42-39-36-34-31-28-26-23-20-17-14-11-8-5-2/h7,10,16,19,25-28,30,32,57H,4-6,8-9,11-15,17-18,20-24,29,31,33-56H2,1-3H3/b10-7-,19-16-,27-25-,28-26-,32-30-. The molecule has 0 radical (unpaired) electrons. The van der Waals surface area contributed by atoms with Gasteiger partial charge in [0.1, 0.15) is 13.2 Å². The molecule has 0 aromatic carbocycles. The van der Waals surface area contributed by atoms with Gasteiger partial charge in [0.05, 0.1) is 0 Å². The molecule has 0 heterocycles. The summed E-state index contributed by atoms with van der Waals surface area (Å²) in [4.78, 5) is 38.1. The van der Waals surface area contributed by atoms with Crippen molar-refractivity contribution in [3.63, 3.8) is 0 Å². The Kier molecular flexibility index (Phi) is 52.3. The van der Waals surface area contributed by atoms with Gasteiger partial charge < -0.3 is 14.2 Å². The summed E-state index contributed by atoms with van der Waals surface area (Å²) in [6.45, 7) is 6.53. The second-order valence-electron chi connectivity index (χ2n) is 18.8. The molecule has 0 amide bonds. The van der Waals surface area contributed by atoms with Crippen molar-refractivity contribution in [1.29, 1.82) is 0 Å². The number of carbonyl (C=O) groups excluding carboxylic acids is 3. The molecule has 0 aliphatic rings. The monoisotopic (exact) mass is 923 g/mol. The summed E-state index contributed by atoms with van der Waals surface area (Å²) < 4.78 is 16.8. The van der Waals surface area contributed by atoms with Crippen LogP contribution in [0.4, 0.5) is 0 Å². The predicted octanol–water partition coefficient (Wildman–Crippen LogP) is 18.8. The minimum Gasteiger partial charge on any atom is -0.462 e. The fourth-order valence-corrected chi connectivity index (χ4v) is 8.02. The Balaban J connectivity index is 4.37. The number of rotatable bonds is 51. The first kappa shape index (κ1) is 63.1. The smallest absolute Gasteiger partial charge is 0.306 e. The Bertz CT molecular complexity index is 1200. The Morgan fingerprint density at radius 1 is 0.318 bits per heavy atom. The van der Waals surface area contributed by atoms with E-state index < -0.39 is 6.10 Å². The molecular weight excluding hydrogens is 817 g/mol. The third-order valence-corrected chi connectivity index (χ3v) is 12.3. The van der Waals surface area contributed by atoms with Crippen LogP contribution in [0.15, 0.2) is 60.8 Å². The van der Waals surface area contributed by atoms with Gasteiger partial charge >= 0.3 is 17.9 Å². The van der Waals surface area contributed by atoms with Crippen molar-refractivity contribution in [1.82, 2.24) is 0 Å². The number of hydrogen-bond acceptors (Lipinski definition) is 6.